The average Bonchev–Trinajstić information content (AvgIpc) is 2.66. The van der Waals surface area contributed by atoms with Crippen LogP contribution in [0.15, 0.2) is 53.9 Å². The first-order chi connectivity index (χ1) is 13.4. The van der Waals surface area contributed by atoms with Gasteiger partial charge in [0.05, 0.1) is 23.9 Å². The average molecular weight is 402 g/mol. The van der Waals surface area contributed by atoms with Crippen LogP contribution in [0.3, 0.4) is 0 Å². The molecule has 0 saturated carbocycles. The van der Waals surface area contributed by atoms with Crippen molar-refractivity contribution in [3.63, 3.8) is 0 Å². The van der Waals surface area contributed by atoms with Crippen molar-refractivity contribution in [3.05, 3.63) is 59.5 Å². The summed E-state index contributed by atoms with van der Waals surface area (Å²) < 4.78 is 33.1. The van der Waals surface area contributed by atoms with Crippen LogP contribution in [-0.2, 0) is 10.0 Å². The monoisotopic (exact) mass is 401 g/mol. The quantitative estimate of drug-likeness (QED) is 0.777. The summed E-state index contributed by atoms with van der Waals surface area (Å²) in [4.78, 5) is 2.22. The maximum absolute atomic E-state index is 12.5. The number of hydrogen-bond donors (Lipinski definition) is 2. The molecule has 2 aromatic carbocycles. The third-order valence-electron chi connectivity index (χ3n) is 4.58. The van der Waals surface area contributed by atoms with Crippen molar-refractivity contribution in [1.82, 2.24) is 5.32 Å². The highest BCUT2D eigenvalue weighted by Crippen LogP contribution is 2.33. The second kappa shape index (κ2) is 8.67. The lowest BCUT2D eigenvalue weighted by Gasteiger charge is -2.38. The summed E-state index contributed by atoms with van der Waals surface area (Å²) >= 11 is 0. The maximum Gasteiger partial charge on any atom is 0.255 e. The van der Waals surface area contributed by atoms with Crippen LogP contribution in [0.2, 0.25) is 0 Å². The molecule has 0 amide bonds. The maximum atomic E-state index is 12.5. The van der Waals surface area contributed by atoms with Crippen molar-refractivity contribution in [2.75, 3.05) is 29.8 Å². The second-order valence-electron chi connectivity index (χ2n) is 7.12. The third-order valence-corrected chi connectivity index (χ3v) is 5.59. The van der Waals surface area contributed by atoms with Gasteiger partial charge in [-0.05, 0) is 43.7 Å². The van der Waals surface area contributed by atoms with E-state index in [-0.39, 0.29) is 0 Å². The van der Waals surface area contributed by atoms with Gasteiger partial charge in [-0.25, -0.2) is 8.42 Å². The number of ether oxygens (including phenoxy) is 1. The minimum atomic E-state index is -3.62. The lowest BCUT2D eigenvalue weighted by atomic mass is 10.1. The Hall–Kier alpha value is -2.51. The molecule has 0 spiro atoms. The largest absolute Gasteiger partial charge is 0.495 e. The standard InChI is InChI=1S/C21H27N3O3S/c1-16-14-24(15-17(2)22-16)20-13-19(9-10-21(20)27-3)23-28(25,26)12-11-18-7-5-4-6-8-18/h4-13,16-17,22-23H,14-15H2,1-3H3. The van der Waals surface area contributed by atoms with Crippen molar-refractivity contribution >= 4 is 27.5 Å². The van der Waals surface area contributed by atoms with Gasteiger partial charge < -0.3 is 15.0 Å². The molecule has 2 atom stereocenters. The Balaban J connectivity index is 1.81. The highest BCUT2D eigenvalue weighted by molar-refractivity contribution is 7.95. The summed E-state index contributed by atoms with van der Waals surface area (Å²) in [6.45, 7) is 5.92. The summed E-state index contributed by atoms with van der Waals surface area (Å²) in [7, 11) is -2.00. The topological polar surface area (TPSA) is 70.7 Å². The van der Waals surface area contributed by atoms with Crippen molar-refractivity contribution < 1.29 is 13.2 Å². The number of nitrogens with zero attached hydrogens (tertiary/aromatic N) is 1. The zero-order valence-corrected chi connectivity index (χ0v) is 17.2. The molecule has 150 valence electrons. The minimum Gasteiger partial charge on any atom is -0.495 e. The molecule has 2 aromatic rings. The number of nitrogens with one attached hydrogen (secondary N) is 2. The van der Waals surface area contributed by atoms with Crippen LogP contribution in [0.4, 0.5) is 11.4 Å². The third kappa shape index (κ3) is 5.27. The van der Waals surface area contributed by atoms with Crippen LogP contribution in [0.5, 0.6) is 5.75 Å². The zero-order valence-electron chi connectivity index (χ0n) is 16.4. The Morgan fingerprint density at radius 2 is 1.79 bits per heavy atom. The summed E-state index contributed by atoms with van der Waals surface area (Å²) in [5.74, 6) is 0.726. The van der Waals surface area contributed by atoms with Gasteiger partial charge >= 0.3 is 0 Å². The van der Waals surface area contributed by atoms with Gasteiger partial charge in [-0.1, -0.05) is 30.3 Å². The van der Waals surface area contributed by atoms with Crippen molar-refractivity contribution in [2.24, 2.45) is 0 Å². The van der Waals surface area contributed by atoms with Gasteiger partial charge in [-0.15, -0.1) is 0 Å². The molecule has 3 rings (SSSR count). The Bertz CT molecular complexity index is 919. The predicted octanol–water partition coefficient (Wildman–Crippen LogP) is 3.29. The van der Waals surface area contributed by atoms with E-state index in [1.807, 2.05) is 36.4 Å². The van der Waals surface area contributed by atoms with Gasteiger partial charge in [-0.2, -0.15) is 0 Å². The number of piperazine rings is 1. The minimum absolute atomic E-state index is 0.336. The van der Waals surface area contributed by atoms with E-state index in [1.54, 1.807) is 25.3 Å². The number of rotatable bonds is 6. The number of hydrogen-bond acceptors (Lipinski definition) is 5. The molecule has 7 heteroatoms. The summed E-state index contributed by atoms with van der Waals surface area (Å²) in [5, 5.41) is 4.68. The molecular formula is C21H27N3O3S. The molecule has 1 fully saturated rings. The second-order valence-corrected chi connectivity index (χ2v) is 8.69. The van der Waals surface area contributed by atoms with Gasteiger partial charge in [0.25, 0.3) is 10.0 Å². The number of methoxy groups -OCH3 is 1. The summed E-state index contributed by atoms with van der Waals surface area (Å²) in [6.07, 6.45) is 1.58. The first-order valence-corrected chi connectivity index (χ1v) is 10.9. The van der Waals surface area contributed by atoms with Crippen molar-refractivity contribution in [2.45, 2.75) is 25.9 Å². The molecule has 1 saturated heterocycles. The number of sulfonamides is 1. The SMILES string of the molecule is COc1ccc(NS(=O)(=O)C=Cc2ccccc2)cc1N1CC(C)NC(C)C1. The summed E-state index contributed by atoms with van der Waals surface area (Å²) in [5.41, 5.74) is 2.22. The molecule has 6 nitrogen and oxygen atoms in total. The van der Waals surface area contributed by atoms with E-state index >= 15 is 0 Å². The van der Waals surface area contributed by atoms with E-state index in [0.29, 0.717) is 17.8 Å². The molecule has 0 aliphatic carbocycles. The van der Waals surface area contributed by atoms with E-state index in [4.69, 9.17) is 4.74 Å². The lowest BCUT2D eigenvalue weighted by molar-refractivity contribution is 0.391. The van der Waals surface area contributed by atoms with Gasteiger partial charge in [0, 0.05) is 25.2 Å². The van der Waals surface area contributed by atoms with Gasteiger partial charge in [0.2, 0.25) is 0 Å². The molecule has 0 aromatic heterocycles. The van der Waals surface area contributed by atoms with Crippen LogP contribution in [0.25, 0.3) is 6.08 Å². The van der Waals surface area contributed by atoms with E-state index in [0.717, 1.165) is 30.1 Å². The fourth-order valence-corrected chi connectivity index (χ4v) is 4.31. The van der Waals surface area contributed by atoms with Gasteiger partial charge in [-0.3, -0.25) is 4.72 Å². The van der Waals surface area contributed by atoms with Crippen LogP contribution >= 0.6 is 0 Å². The van der Waals surface area contributed by atoms with Crippen LogP contribution in [0, 0.1) is 0 Å². The van der Waals surface area contributed by atoms with Crippen LogP contribution < -0.4 is 19.7 Å². The van der Waals surface area contributed by atoms with Gasteiger partial charge in [0.1, 0.15) is 5.75 Å². The van der Waals surface area contributed by atoms with Crippen LogP contribution in [-0.4, -0.2) is 40.7 Å². The Kier molecular flexibility index (Phi) is 6.26. The molecule has 2 unspecified atom stereocenters. The van der Waals surface area contributed by atoms with Crippen molar-refractivity contribution in [3.8, 4) is 5.75 Å². The van der Waals surface area contributed by atoms with E-state index < -0.39 is 10.0 Å². The van der Waals surface area contributed by atoms with E-state index in [9.17, 15) is 8.42 Å². The van der Waals surface area contributed by atoms with E-state index in [1.165, 1.54) is 5.41 Å². The highest BCUT2D eigenvalue weighted by atomic mass is 32.2. The molecule has 28 heavy (non-hydrogen) atoms. The fourth-order valence-electron chi connectivity index (χ4n) is 3.45. The molecule has 1 heterocycles. The van der Waals surface area contributed by atoms with Crippen molar-refractivity contribution in [1.29, 1.82) is 0 Å². The number of anilines is 2. The van der Waals surface area contributed by atoms with Crippen LogP contribution in [0.1, 0.15) is 19.4 Å². The molecule has 0 bridgehead atoms. The normalized spacial score (nSPS) is 20.3. The zero-order chi connectivity index (χ0) is 20.1. The molecular weight excluding hydrogens is 374 g/mol. The lowest BCUT2D eigenvalue weighted by Crippen LogP contribution is -2.54. The molecule has 0 radical (unpaired) electrons. The Labute approximate surface area is 167 Å². The summed E-state index contributed by atoms with van der Waals surface area (Å²) in [6, 6.07) is 15.3. The molecule has 1 aliphatic rings. The highest BCUT2D eigenvalue weighted by Gasteiger charge is 2.23. The van der Waals surface area contributed by atoms with E-state index in [2.05, 4.69) is 28.8 Å². The Morgan fingerprint density at radius 1 is 1.11 bits per heavy atom. The first-order valence-electron chi connectivity index (χ1n) is 9.31. The predicted molar refractivity (Wildman–Crippen MR) is 115 cm³/mol. The Morgan fingerprint density at radius 3 is 2.43 bits per heavy atom. The molecule has 2 N–H and O–H groups in total. The fraction of sp³-hybridized carbons (Fsp3) is 0.333. The molecule has 1 aliphatic heterocycles. The smallest absolute Gasteiger partial charge is 0.255 e. The first kappa shape index (κ1) is 20.2. The number of benzene rings is 2. The van der Waals surface area contributed by atoms with Gasteiger partial charge in [0.15, 0.2) is 0 Å².